The van der Waals surface area contributed by atoms with Gasteiger partial charge in [-0.2, -0.15) is 0 Å². The number of hydrogen-bond donors (Lipinski definition) is 0. The summed E-state index contributed by atoms with van der Waals surface area (Å²) in [6.07, 6.45) is 2.90. The number of thiophene rings is 1. The summed E-state index contributed by atoms with van der Waals surface area (Å²) < 4.78 is 0. The van der Waals surface area contributed by atoms with Crippen LogP contribution in [0.25, 0.3) is 21.5 Å². The minimum absolute atomic E-state index is 0.124. The van der Waals surface area contributed by atoms with Gasteiger partial charge in [0.15, 0.2) is 0 Å². The van der Waals surface area contributed by atoms with Crippen LogP contribution in [0.5, 0.6) is 0 Å². The minimum Gasteiger partial charge on any atom is -0.350 e. The van der Waals surface area contributed by atoms with E-state index in [1.54, 1.807) is 11.3 Å². The third kappa shape index (κ3) is 3.18. The van der Waals surface area contributed by atoms with E-state index in [9.17, 15) is 4.79 Å². The van der Waals surface area contributed by atoms with E-state index < -0.39 is 0 Å². The van der Waals surface area contributed by atoms with E-state index in [-0.39, 0.29) is 5.91 Å². The fourth-order valence-electron chi connectivity index (χ4n) is 4.82. The fraction of sp³-hybridized carbons (Fsp3) is 0.240. The van der Waals surface area contributed by atoms with Crippen LogP contribution >= 0.6 is 11.3 Å². The zero-order valence-electron chi connectivity index (χ0n) is 17.0. The highest BCUT2D eigenvalue weighted by molar-refractivity contribution is 7.13. The number of piperidine rings is 1. The molecule has 2 saturated heterocycles. The molecule has 0 saturated carbocycles. The Labute approximate surface area is 185 Å². The largest absolute Gasteiger partial charge is 0.350 e. The van der Waals surface area contributed by atoms with Crippen LogP contribution < -0.4 is 4.90 Å². The molecule has 2 aliphatic rings. The van der Waals surface area contributed by atoms with Crippen LogP contribution in [0.3, 0.4) is 0 Å². The molecule has 2 aromatic heterocycles. The first-order valence-corrected chi connectivity index (χ1v) is 11.6. The fourth-order valence-corrected chi connectivity index (χ4v) is 5.58. The van der Waals surface area contributed by atoms with Gasteiger partial charge < -0.3 is 9.80 Å². The summed E-state index contributed by atoms with van der Waals surface area (Å²) >= 11 is 1.67. The van der Waals surface area contributed by atoms with Gasteiger partial charge in [0.25, 0.3) is 5.91 Å². The average molecular weight is 427 g/mol. The predicted octanol–water partition coefficient (Wildman–Crippen LogP) is 4.71. The Morgan fingerprint density at radius 2 is 1.81 bits per heavy atom. The number of para-hydroxylation sites is 2. The van der Waals surface area contributed by atoms with Gasteiger partial charge in [-0.3, -0.25) is 9.78 Å². The van der Waals surface area contributed by atoms with E-state index >= 15 is 0 Å². The highest BCUT2D eigenvalue weighted by atomic mass is 32.1. The lowest BCUT2D eigenvalue weighted by molar-refractivity contribution is 0.0592. The van der Waals surface area contributed by atoms with E-state index in [0.717, 1.165) is 58.9 Å². The third-order valence-electron chi connectivity index (χ3n) is 6.51. The highest BCUT2D eigenvalue weighted by Crippen LogP contribution is 2.37. The maximum Gasteiger partial charge on any atom is 0.254 e. The number of benzene rings is 2. The maximum atomic E-state index is 13.5. The zero-order chi connectivity index (χ0) is 20.8. The number of aromatic nitrogens is 2. The SMILES string of the molecule is O=C(c1ccccc1-c1cccs1)N1CC[C@H]2CN(c3cnc4ccccc4n3)[C@H]2C1. The minimum atomic E-state index is 0.124. The first kappa shape index (κ1) is 18.5. The van der Waals surface area contributed by atoms with Crippen molar-refractivity contribution < 1.29 is 4.79 Å². The molecular formula is C25H22N4OS. The van der Waals surface area contributed by atoms with E-state index in [1.807, 2.05) is 65.7 Å². The van der Waals surface area contributed by atoms with Crippen molar-refractivity contribution in [2.24, 2.45) is 5.92 Å². The predicted molar refractivity (Wildman–Crippen MR) is 124 cm³/mol. The van der Waals surface area contributed by atoms with Gasteiger partial charge in [-0.05, 0) is 36.1 Å². The molecule has 31 heavy (non-hydrogen) atoms. The highest BCUT2D eigenvalue weighted by Gasteiger charge is 2.44. The van der Waals surface area contributed by atoms with Gasteiger partial charge in [0.2, 0.25) is 0 Å². The number of carbonyl (C=O) groups is 1. The summed E-state index contributed by atoms with van der Waals surface area (Å²) in [5.74, 6) is 1.65. The van der Waals surface area contributed by atoms with Crippen LogP contribution in [0, 0.1) is 5.92 Å². The molecule has 0 unspecified atom stereocenters. The zero-order valence-corrected chi connectivity index (χ0v) is 17.8. The molecule has 0 bridgehead atoms. The topological polar surface area (TPSA) is 49.3 Å². The smallest absolute Gasteiger partial charge is 0.254 e. The average Bonchev–Trinajstić information content (AvgIpc) is 3.34. The molecule has 0 aliphatic carbocycles. The van der Waals surface area contributed by atoms with Crippen LogP contribution in [0.1, 0.15) is 16.8 Å². The summed E-state index contributed by atoms with van der Waals surface area (Å²) in [5.41, 5.74) is 3.64. The lowest BCUT2D eigenvalue weighted by Crippen LogP contribution is -2.65. The third-order valence-corrected chi connectivity index (χ3v) is 7.42. The Morgan fingerprint density at radius 1 is 0.968 bits per heavy atom. The molecule has 4 heterocycles. The number of amides is 1. The Bertz CT molecular complexity index is 1260. The lowest BCUT2D eigenvalue weighted by Gasteiger charge is -2.54. The van der Waals surface area contributed by atoms with Gasteiger partial charge in [0, 0.05) is 41.6 Å². The Hall–Kier alpha value is -3.25. The van der Waals surface area contributed by atoms with E-state index in [1.165, 1.54) is 0 Å². The van der Waals surface area contributed by atoms with Crippen molar-refractivity contribution in [3.05, 3.63) is 77.8 Å². The van der Waals surface area contributed by atoms with Gasteiger partial charge in [0.05, 0.1) is 23.3 Å². The second-order valence-corrected chi connectivity index (χ2v) is 9.21. The quantitative estimate of drug-likeness (QED) is 0.476. The first-order valence-electron chi connectivity index (χ1n) is 10.7. The van der Waals surface area contributed by atoms with Crippen molar-refractivity contribution >= 4 is 34.1 Å². The van der Waals surface area contributed by atoms with Crippen LogP contribution in [0.15, 0.2) is 72.2 Å². The normalized spacial score (nSPS) is 20.4. The molecule has 2 fully saturated rings. The van der Waals surface area contributed by atoms with Crippen LogP contribution in [-0.2, 0) is 0 Å². The summed E-state index contributed by atoms with van der Waals surface area (Å²) in [7, 11) is 0. The van der Waals surface area contributed by atoms with Crippen molar-refractivity contribution in [1.82, 2.24) is 14.9 Å². The van der Waals surface area contributed by atoms with Gasteiger partial charge >= 0.3 is 0 Å². The Balaban J connectivity index is 1.25. The first-order chi connectivity index (χ1) is 15.3. The van der Waals surface area contributed by atoms with Gasteiger partial charge in [0.1, 0.15) is 5.82 Å². The molecule has 5 nitrogen and oxygen atoms in total. The van der Waals surface area contributed by atoms with Crippen molar-refractivity contribution in [2.45, 2.75) is 12.5 Å². The summed E-state index contributed by atoms with van der Waals surface area (Å²) in [5, 5.41) is 2.05. The molecule has 2 aliphatic heterocycles. The number of nitrogens with zero attached hydrogens (tertiary/aromatic N) is 4. The molecular weight excluding hydrogens is 404 g/mol. The molecule has 0 N–H and O–H groups in total. The van der Waals surface area contributed by atoms with E-state index in [2.05, 4.69) is 21.3 Å². The molecule has 1 amide bonds. The second-order valence-electron chi connectivity index (χ2n) is 8.26. The number of likely N-dealkylation sites (tertiary alicyclic amines) is 1. The summed E-state index contributed by atoms with van der Waals surface area (Å²) in [4.78, 5) is 28.4. The van der Waals surface area contributed by atoms with Crippen molar-refractivity contribution in [3.8, 4) is 10.4 Å². The molecule has 2 atom stereocenters. The Morgan fingerprint density at radius 3 is 2.68 bits per heavy atom. The summed E-state index contributed by atoms with van der Waals surface area (Å²) in [6, 6.07) is 20.3. The van der Waals surface area contributed by atoms with Crippen LogP contribution in [-0.4, -0.2) is 46.5 Å². The van der Waals surface area contributed by atoms with Crippen LogP contribution in [0.2, 0.25) is 0 Å². The van der Waals surface area contributed by atoms with Crippen LogP contribution in [0.4, 0.5) is 5.82 Å². The van der Waals surface area contributed by atoms with E-state index in [4.69, 9.17) is 4.98 Å². The molecule has 2 aromatic carbocycles. The number of carbonyl (C=O) groups excluding carboxylic acids is 1. The lowest BCUT2D eigenvalue weighted by atomic mass is 9.82. The summed E-state index contributed by atoms with van der Waals surface area (Å²) in [6.45, 7) is 2.54. The molecule has 4 aromatic rings. The second kappa shape index (κ2) is 7.46. The number of fused-ring (bicyclic) bond motifs is 2. The van der Waals surface area contributed by atoms with Gasteiger partial charge in [-0.25, -0.2) is 4.98 Å². The molecule has 0 radical (unpaired) electrons. The molecule has 0 spiro atoms. The maximum absolute atomic E-state index is 13.5. The number of rotatable bonds is 3. The Kier molecular flexibility index (Phi) is 4.46. The van der Waals surface area contributed by atoms with Gasteiger partial charge in [-0.1, -0.05) is 36.4 Å². The number of hydrogen-bond acceptors (Lipinski definition) is 5. The molecule has 6 rings (SSSR count). The van der Waals surface area contributed by atoms with E-state index in [0.29, 0.717) is 12.0 Å². The van der Waals surface area contributed by atoms with Gasteiger partial charge in [-0.15, -0.1) is 11.3 Å². The molecule has 6 heteroatoms. The monoisotopic (exact) mass is 426 g/mol. The molecule has 154 valence electrons. The van der Waals surface area contributed by atoms with Crippen molar-refractivity contribution in [3.63, 3.8) is 0 Å². The standard InChI is InChI=1S/C25H22N4OS/c30-25(19-7-2-1-6-18(19)23-10-5-13-31-23)28-12-11-17-15-29(22(17)16-28)24-14-26-20-8-3-4-9-21(20)27-24/h1-10,13-14,17,22H,11-12,15-16H2/t17-,22-/m0/s1. The van der Waals surface area contributed by atoms with Crippen molar-refractivity contribution in [2.75, 3.05) is 24.5 Å². The number of anilines is 1. The van der Waals surface area contributed by atoms with Crippen molar-refractivity contribution in [1.29, 1.82) is 0 Å².